The standard InChI is InChI=1S/C23H17F2N3O2S2/c24-14-9-15(25)11-16(10-14)28-22(30)21-19(7-8-31-21)27-23(28)32-12-20(29)26-18-6-5-13-3-1-2-4-17(13)18/h1-4,7-11,18H,5-6,12H2,(H,26,29)/t18-/m0/s1. The van der Waals surface area contributed by atoms with Crippen molar-refractivity contribution in [1.82, 2.24) is 14.9 Å². The number of hydrogen-bond donors (Lipinski definition) is 1. The normalized spacial score (nSPS) is 15.1. The predicted molar refractivity (Wildman–Crippen MR) is 122 cm³/mol. The average Bonchev–Trinajstić information content (AvgIpc) is 3.39. The number of carbonyl (C=O) groups excluding carboxylic acids is 1. The first-order chi connectivity index (χ1) is 15.5. The van der Waals surface area contributed by atoms with Crippen molar-refractivity contribution in [2.24, 2.45) is 0 Å². The fourth-order valence-electron chi connectivity index (χ4n) is 3.96. The van der Waals surface area contributed by atoms with Crippen LogP contribution in [-0.2, 0) is 11.2 Å². The molecule has 5 rings (SSSR count). The van der Waals surface area contributed by atoms with Gasteiger partial charge in [-0.15, -0.1) is 11.3 Å². The first-order valence-electron chi connectivity index (χ1n) is 9.96. The van der Waals surface area contributed by atoms with E-state index < -0.39 is 17.2 Å². The van der Waals surface area contributed by atoms with Crippen molar-refractivity contribution < 1.29 is 13.6 Å². The molecule has 4 aromatic rings. The average molecular weight is 470 g/mol. The third-order valence-corrected chi connectivity index (χ3v) is 7.19. The van der Waals surface area contributed by atoms with Gasteiger partial charge in [0.25, 0.3) is 5.56 Å². The summed E-state index contributed by atoms with van der Waals surface area (Å²) in [6, 6.07) is 12.6. The Morgan fingerprint density at radius 2 is 1.97 bits per heavy atom. The van der Waals surface area contributed by atoms with E-state index in [0.717, 1.165) is 52.9 Å². The molecule has 5 nitrogen and oxygen atoms in total. The van der Waals surface area contributed by atoms with E-state index in [2.05, 4.69) is 16.4 Å². The van der Waals surface area contributed by atoms with Crippen LogP contribution in [0.3, 0.4) is 0 Å². The maximum absolute atomic E-state index is 13.8. The lowest BCUT2D eigenvalue weighted by atomic mass is 10.1. The third kappa shape index (κ3) is 3.93. The van der Waals surface area contributed by atoms with E-state index in [0.29, 0.717) is 10.2 Å². The molecular weight excluding hydrogens is 452 g/mol. The molecule has 1 N–H and O–H groups in total. The highest BCUT2D eigenvalue weighted by atomic mass is 32.2. The minimum Gasteiger partial charge on any atom is -0.349 e. The zero-order valence-corrected chi connectivity index (χ0v) is 18.3. The monoisotopic (exact) mass is 469 g/mol. The number of thiophene rings is 1. The second-order valence-electron chi connectivity index (χ2n) is 7.44. The lowest BCUT2D eigenvalue weighted by Gasteiger charge is -2.15. The zero-order chi connectivity index (χ0) is 22.2. The van der Waals surface area contributed by atoms with Crippen molar-refractivity contribution in [2.75, 3.05) is 5.75 Å². The van der Waals surface area contributed by atoms with Crippen LogP contribution in [0.1, 0.15) is 23.6 Å². The van der Waals surface area contributed by atoms with Gasteiger partial charge in [-0.2, -0.15) is 0 Å². The van der Waals surface area contributed by atoms with Crippen LogP contribution in [0.25, 0.3) is 15.9 Å². The number of nitrogens with zero attached hydrogens (tertiary/aromatic N) is 2. The van der Waals surface area contributed by atoms with Gasteiger partial charge in [-0.05, 0) is 47.5 Å². The number of benzene rings is 2. The van der Waals surface area contributed by atoms with Crippen molar-refractivity contribution >= 4 is 39.2 Å². The molecule has 0 unspecified atom stereocenters. The second-order valence-corrected chi connectivity index (χ2v) is 9.30. The molecule has 0 bridgehead atoms. The fraction of sp³-hybridized carbons (Fsp3) is 0.174. The number of hydrogen-bond acceptors (Lipinski definition) is 5. The number of nitrogens with one attached hydrogen (secondary N) is 1. The van der Waals surface area contributed by atoms with Gasteiger partial charge in [-0.25, -0.2) is 13.8 Å². The molecule has 2 heterocycles. The summed E-state index contributed by atoms with van der Waals surface area (Å²) < 4.78 is 29.2. The quantitative estimate of drug-likeness (QED) is 0.342. The van der Waals surface area contributed by atoms with E-state index in [1.165, 1.54) is 16.9 Å². The Morgan fingerprint density at radius 3 is 2.78 bits per heavy atom. The Kier molecular flexibility index (Phi) is 5.52. The first kappa shape index (κ1) is 20.8. The molecule has 0 spiro atoms. The second kappa shape index (κ2) is 8.48. The van der Waals surface area contributed by atoms with Crippen LogP contribution in [0.15, 0.2) is 63.9 Å². The number of aryl methyl sites for hydroxylation is 1. The van der Waals surface area contributed by atoms with Crippen molar-refractivity contribution in [3.05, 3.63) is 87.0 Å². The minimum atomic E-state index is -0.799. The smallest absolute Gasteiger partial charge is 0.276 e. The molecule has 1 amide bonds. The summed E-state index contributed by atoms with van der Waals surface area (Å²) in [5, 5.41) is 4.97. The van der Waals surface area contributed by atoms with Gasteiger partial charge >= 0.3 is 0 Å². The number of thioether (sulfide) groups is 1. The first-order valence-corrected chi connectivity index (χ1v) is 11.8. The molecule has 0 radical (unpaired) electrons. The Labute approximate surface area is 190 Å². The maximum Gasteiger partial charge on any atom is 0.276 e. The van der Waals surface area contributed by atoms with Gasteiger partial charge in [0.05, 0.1) is 23.0 Å². The van der Waals surface area contributed by atoms with Crippen LogP contribution in [0, 0.1) is 11.6 Å². The SMILES string of the molecule is O=C(CSc1nc2ccsc2c(=O)n1-c1cc(F)cc(F)c1)N[C@H]1CCc2ccccc21. The van der Waals surface area contributed by atoms with Crippen molar-refractivity contribution in [1.29, 1.82) is 0 Å². The molecule has 2 aromatic carbocycles. The Bertz CT molecular complexity index is 1380. The van der Waals surface area contributed by atoms with E-state index in [1.54, 1.807) is 11.4 Å². The lowest BCUT2D eigenvalue weighted by Crippen LogP contribution is -2.29. The van der Waals surface area contributed by atoms with Crippen molar-refractivity contribution in [3.8, 4) is 5.69 Å². The van der Waals surface area contributed by atoms with Crippen LogP contribution < -0.4 is 10.9 Å². The molecule has 32 heavy (non-hydrogen) atoms. The molecule has 2 aromatic heterocycles. The molecule has 0 fully saturated rings. The van der Waals surface area contributed by atoms with E-state index >= 15 is 0 Å². The third-order valence-electron chi connectivity index (χ3n) is 5.36. The summed E-state index contributed by atoms with van der Waals surface area (Å²) in [6.07, 6.45) is 1.75. The minimum absolute atomic E-state index is 0.0124. The Hall–Kier alpha value is -3.04. The number of rotatable bonds is 5. The van der Waals surface area contributed by atoms with Gasteiger partial charge in [0.1, 0.15) is 16.3 Å². The van der Waals surface area contributed by atoms with Gasteiger partial charge < -0.3 is 5.32 Å². The van der Waals surface area contributed by atoms with Crippen LogP contribution in [0.5, 0.6) is 0 Å². The number of amides is 1. The summed E-state index contributed by atoms with van der Waals surface area (Å²) in [7, 11) is 0. The maximum atomic E-state index is 13.8. The van der Waals surface area contributed by atoms with Crippen molar-refractivity contribution in [3.63, 3.8) is 0 Å². The van der Waals surface area contributed by atoms with E-state index in [-0.39, 0.29) is 28.5 Å². The summed E-state index contributed by atoms with van der Waals surface area (Å²) in [4.78, 5) is 30.2. The summed E-state index contributed by atoms with van der Waals surface area (Å²) in [5.74, 6) is -1.79. The summed E-state index contributed by atoms with van der Waals surface area (Å²) >= 11 is 2.27. The van der Waals surface area contributed by atoms with Crippen LogP contribution in [-0.4, -0.2) is 21.2 Å². The topological polar surface area (TPSA) is 64.0 Å². The summed E-state index contributed by atoms with van der Waals surface area (Å²) in [5.41, 5.74) is 2.44. The van der Waals surface area contributed by atoms with E-state index in [1.807, 2.05) is 18.2 Å². The van der Waals surface area contributed by atoms with Crippen LogP contribution in [0.4, 0.5) is 8.78 Å². The highest BCUT2D eigenvalue weighted by Crippen LogP contribution is 2.31. The molecule has 0 aliphatic heterocycles. The number of halogens is 2. The number of aromatic nitrogens is 2. The van der Waals surface area contributed by atoms with Gasteiger partial charge in [-0.1, -0.05) is 36.0 Å². The molecular formula is C23H17F2N3O2S2. The molecule has 0 saturated carbocycles. The number of carbonyl (C=O) groups is 1. The van der Waals surface area contributed by atoms with Crippen molar-refractivity contribution in [2.45, 2.75) is 24.0 Å². The molecule has 1 aliphatic rings. The molecule has 162 valence electrons. The fourth-order valence-corrected chi connectivity index (χ4v) is 5.54. The molecule has 9 heteroatoms. The Morgan fingerprint density at radius 1 is 1.19 bits per heavy atom. The van der Waals surface area contributed by atoms with Gasteiger partial charge in [0, 0.05) is 6.07 Å². The highest BCUT2D eigenvalue weighted by molar-refractivity contribution is 7.99. The molecule has 1 aliphatic carbocycles. The lowest BCUT2D eigenvalue weighted by molar-refractivity contribution is -0.119. The highest BCUT2D eigenvalue weighted by Gasteiger charge is 2.24. The van der Waals surface area contributed by atoms with E-state index in [9.17, 15) is 18.4 Å². The largest absolute Gasteiger partial charge is 0.349 e. The van der Waals surface area contributed by atoms with Crippen LogP contribution >= 0.6 is 23.1 Å². The van der Waals surface area contributed by atoms with Gasteiger partial charge in [-0.3, -0.25) is 14.2 Å². The number of fused-ring (bicyclic) bond motifs is 2. The molecule has 0 saturated heterocycles. The van der Waals surface area contributed by atoms with E-state index in [4.69, 9.17) is 0 Å². The van der Waals surface area contributed by atoms with Gasteiger partial charge in [0.2, 0.25) is 5.91 Å². The van der Waals surface area contributed by atoms with Gasteiger partial charge in [0.15, 0.2) is 5.16 Å². The predicted octanol–water partition coefficient (Wildman–Crippen LogP) is 4.62. The molecule has 1 atom stereocenters. The van der Waals surface area contributed by atoms with Crippen LogP contribution in [0.2, 0.25) is 0 Å². The Balaban J connectivity index is 1.43. The zero-order valence-electron chi connectivity index (χ0n) is 16.7. The summed E-state index contributed by atoms with van der Waals surface area (Å²) in [6.45, 7) is 0.